The topological polar surface area (TPSA) is 15.3 Å². The lowest BCUT2D eigenvalue weighted by Crippen LogP contribution is -2.29. The number of benzene rings is 2. The number of hydrogen-bond acceptors (Lipinski definition) is 2. The summed E-state index contributed by atoms with van der Waals surface area (Å²) in [5.74, 6) is 5.32. The number of halogens is 1. The number of fused-ring (bicyclic) bond motifs is 2. The average molecular weight is 702 g/mol. The number of rotatable bonds is 7. The lowest BCUT2D eigenvalue weighted by Gasteiger charge is -2.24. The lowest BCUT2D eigenvalue weighted by atomic mass is 9.89. The molecule has 0 amide bonds. The average Bonchev–Trinajstić information content (AvgIpc) is 3.56. The van der Waals surface area contributed by atoms with Crippen LogP contribution in [0.2, 0.25) is 0 Å². The molecule has 2 aliphatic heterocycles. The normalized spacial score (nSPS) is 33.6. The van der Waals surface area contributed by atoms with Crippen LogP contribution >= 0.6 is 15.9 Å². The van der Waals surface area contributed by atoms with Gasteiger partial charge in [0.05, 0.1) is 0 Å². The number of hydrogen-bond donors (Lipinski definition) is 1. The van der Waals surface area contributed by atoms with E-state index in [-0.39, 0.29) is 1.43 Å². The second kappa shape index (κ2) is 15.9. The molecule has 1 N–H and O–H groups in total. The fraction of sp³-hybridized carbons (Fsp3) is 0.636. The number of allylic oxidation sites excluding steroid dienone is 3. The van der Waals surface area contributed by atoms with Crippen molar-refractivity contribution in [3.05, 3.63) is 95.1 Å². The van der Waals surface area contributed by atoms with Crippen molar-refractivity contribution in [3.63, 3.8) is 0 Å². The fourth-order valence-corrected chi connectivity index (χ4v) is 10.2. The van der Waals surface area contributed by atoms with Gasteiger partial charge in [0.2, 0.25) is 0 Å². The van der Waals surface area contributed by atoms with Gasteiger partial charge in [0, 0.05) is 37.2 Å². The Bertz CT molecular complexity index is 1330. The van der Waals surface area contributed by atoms with Crippen molar-refractivity contribution in [2.75, 3.05) is 38.1 Å². The first-order valence-corrected chi connectivity index (χ1v) is 20.4. The first-order chi connectivity index (χ1) is 22.8. The van der Waals surface area contributed by atoms with Crippen LogP contribution < -0.4 is 5.32 Å². The molecule has 2 heterocycles. The van der Waals surface area contributed by atoms with Gasteiger partial charge in [-0.25, -0.2) is 0 Å². The molecule has 2 aromatic rings. The second-order valence-electron chi connectivity index (χ2n) is 16.4. The summed E-state index contributed by atoms with van der Waals surface area (Å²) in [6.45, 7) is 15.5. The van der Waals surface area contributed by atoms with Crippen molar-refractivity contribution in [1.29, 1.82) is 0 Å². The molecular formula is C44H65BrN2. The molecule has 2 nitrogen and oxygen atoms in total. The van der Waals surface area contributed by atoms with Crippen molar-refractivity contribution in [2.45, 2.75) is 103 Å². The third-order valence-corrected chi connectivity index (χ3v) is 13.7. The standard InChI is InChI=1S/C22H31N.C13H17N.C9H15Br.H2/c1-17-8-6-12-19(14-17)22(2)20-15-23(16-21(20)22)13-7-11-18-9-4-3-5-10-18;1-9-4-3-5-10(6-9)13(2)11-7-14-8-12(11)13;10-8-4-7-9-5-2-1-3-6-9;/h6-8,11-12,14,18,20-21H,3-5,9-10,13,15-16H2,1-2H3;3-6,11-12,14H,7-8H2,1-2H3;4,7,9H,1-3,5-6,8H2;1H/b11-7+;;7-4+;. The third kappa shape index (κ3) is 8.21. The zero-order chi connectivity index (χ0) is 32.9. The number of likely N-dealkylation sites (tertiary alicyclic amines) is 1. The maximum absolute atomic E-state index is 3.46. The van der Waals surface area contributed by atoms with Gasteiger partial charge in [0.1, 0.15) is 0 Å². The van der Waals surface area contributed by atoms with Crippen molar-refractivity contribution in [2.24, 2.45) is 35.5 Å². The third-order valence-electron chi connectivity index (χ3n) is 13.3. The molecule has 8 rings (SSSR count). The van der Waals surface area contributed by atoms with Crippen LogP contribution in [0, 0.1) is 49.4 Å². The molecule has 4 atom stereocenters. The van der Waals surface area contributed by atoms with E-state index in [9.17, 15) is 0 Å². The van der Waals surface area contributed by atoms with Crippen LogP contribution in [0.4, 0.5) is 0 Å². The number of aryl methyl sites for hydroxylation is 2. The summed E-state index contributed by atoms with van der Waals surface area (Å²) < 4.78 is 0. The van der Waals surface area contributed by atoms with Crippen LogP contribution in [0.3, 0.4) is 0 Å². The first kappa shape index (κ1) is 35.2. The molecule has 3 heteroatoms. The molecule has 2 aromatic carbocycles. The monoisotopic (exact) mass is 700 g/mol. The molecular weight excluding hydrogens is 636 g/mol. The van der Waals surface area contributed by atoms with E-state index in [0.29, 0.717) is 10.8 Å². The Labute approximate surface area is 297 Å². The molecule has 4 aliphatic carbocycles. The molecule has 6 aliphatic rings. The molecule has 4 saturated carbocycles. The lowest BCUT2D eigenvalue weighted by molar-refractivity contribution is 0.303. The van der Waals surface area contributed by atoms with E-state index in [2.05, 4.69) is 127 Å². The van der Waals surface area contributed by atoms with E-state index in [1.807, 2.05) is 0 Å². The van der Waals surface area contributed by atoms with Crippen molar-refractivity contribution in [3.8, 4) is 0 Å². The fourth-order valence-electron chi connectivity index (χ4n) is 10.0. The van der Waals surface area contributed by atoms with Gasteiger partial charge in [-0.2, -0.15) is 0 Å². The van der Waals surface area contributed by atoms with Crippen LogP contribution in [-0.2, 0) is 10.8 Å². The molecule has 0 spiro atoms. The van der Waals surface area contributed by atoms with E-state index in [1.165, 1.54) is 108 Å². The Morgan fingerprint density at radius 3 is 1.64 bits per heavy atom. The van der Waals surface area contributed by atoms with E-state index < -0.39 is 0 Å². The highest BCUT2D eigenvalue weighted by molar-refractivity contribution is 9.09. The summed E-state index contributed by atoms with van der Waals surface area (Å²) in [4.78, 5) is 2.67. The Balaban J connectivity index is 0.000000154. The van der Waals surface area contributed by atoms with E-state index in [1.54, 1.807) is 11.1 Å². The second-order valence-corrected chi connectivity index (χ2v) is 17.1. The van der Waals surface area contributed by atoms with Gasteiger partial charge in [-0.15, -0.1) is 0 Å². The van der Waals surface area contributed by atoms with Gasteiger partial charge in [-0.05, 0) is 99.3 Å². The Morgan fingerprint density at radius 1 is 0.702 bits per heavy atom. The highest BCUT2D eigenvalue weighted by atomic mass is 79.9. The Hall–Kier alpha value is -1.68. The maximum Gasteiger partial charge on any atom is 0.0212 e. The van der Waals surface area contributed by atoms with Crippen LogP contribution in [0.15, 0.2) is 72.8 Å². The summed E-state index contributed by atoms with van der Waals surface area (Å²) in [7, 11) is 0. The number of alkyl halides is 1. The zero-order valence-electron chi connectivity index (χ0n) is 30.0. The number of nitrogens with one attached hydrogen (secondary N) is 1. The largest absolute Gasteiger partial charge is 0.316 e. The summed E-state index contributed by atoms with van der Waals surface area (Å²) in [6, 6.07) is 18.2. The molecule has 0 bridgehead atoms. The van der Waals surface area contributed by atoms with Gasteiger partial charge in [0.25, 0.3) is 0 Å². The van der Waals surface area contributed by atoms with Gasteiger partial charge in [-0.3, -0.25) is 4.90 Å². The smallest absolute Gasteiger partial charge is 0.0212 e. The van der Waals surface area contributed by atoms with Gasteiger partial charge in [-0.1, -0.05) is 152 Å². The summed E-state index contributed by atoms with van der Waals surface area (Å²) in [6.07, 6.45) is 23.9. The van der Waals surface area contributed by atoms with Gasteiger partial charge in [0.15, 0.2) is 0 Å². The zero-order valence-corrected chi connectivity index (χ0v) is 31.6. The molecule has 4 unspecified atom stereocenters. The van der Waals surface area contributed by atoms with Crippen molar-refractivity contribution >= 4 is 15.9 Å². The molecule has 258 valence electrons. The van der Waals surface area contributed by atoms with Crippen LogP contribution in [0.5, 0.6) is 0 Å². The summed E-state index contributed by atoms with van der Waals surface area (Å²) in [5, 5.41) is 4.48. The number of nitrogens with zero attached hydrogens (tertiary/aromatic N) is 1. The van der Waals surface area contributed by atoms with Crippen LogP contribution in [0.25, 0.3) is 0 Å². The molecule has 0 radical (unpaired) electrons. The van der Waals surface area contributed by atoms with Crippen molar-refractivity contribution in [1.82, 2.24) is 10.2 Å². The highest BCUT2D eigenvalue weighted by Gasteiger charge is 2.65. The van der Waals surface area contributed by atoms with Crippen LogP contribution in [0.1, 0.15) is 102 Å². The predicted molar refractivity (Wildman–Crippen MR) is 208 cm³/mol. The van der Waals surface area contributed by atoms with E-state index >= 15 is 0 Å². The first-order valence-electron chi connectivity index (χ1n) is 19.3. The SMILES string of the molecule is BrC/C=C/C1CCCCC1.Cc1cccc(C2(C)C3CN(C/C=C/C4CCCCC4)CC32)c1.Cc1cccc(C2(C)C3CNCC32)c1.[HH]. The van der Waals surface area contributed by atoms with Crippen LogP contribution in [-0.4, -0.2) is 43.0 Å². The summed E-state index contributed by atoms with van der Waals surface area (Å²) >= 11 is 3.39. The van der Waals surface area contributed by atoms with Gasteiger partial charge >= 0.3 is 0 Å². The minimum atomic E-state index is 0. The Kier molecular flexibility index (Phi) is 11.9. The van der Waals surface area contributed by atoms with E-state index in [4.69, 9.17) is 0 Å². The van der Waals surface area contributed by atoms with E-state index in [0.717, 1.165) is 40.8 Å². The molecule has 0 aromatic heterocycles. The van der Waals surface area contributed by atoms with Gasteiger partial charge < -0.3 is 5.32 Å². The molecule has 2 saturated heterocycles. The predicted octanol–water partition coefficient (Wildman–Crippen LogP) is 10.8. The van der Waals surface area contributed by atoms with Crippen molar-refractivity contribution < 1.29 is 1.43 Å². The molecule has 6 fully saturated rings. The minimum Gasteiger partial charge on any atom is -0.316 e. The molecule has 47 heavy (non-hydrogen) atoms. The minimum absolute atomic E-state index is 0. The quantitative estimate of drug-likeness (QED) is 0.228. The maximum atomic E-state index is 3.46. The Morgan fingerprint density at radius 2 is 1.17 bits per heavy atom. The summed E-state index contributed by atoms with van der Waals surface area (Å²) in [5.41, 5.74) is 6.86. The number of piperidine rings is 2. The highest BCUT2D eigenvalue weighted by Crippen LogP contribution is 2.63.